The van der Waals surface area contributed by atoms with Crippen LogP contribution in [0.5, 0.6) is 0 Å². The van der Waals surface area contributed by atoms with Gasteiger partial charge in [0, 0.05) is 16.6 Å². The molecule has 108 valence electrons. The van der Waals surface area contributed by atoms with E-state index in [1.807, 2.05) is 6.07 Å². The van der Waals surface area contributed by atoms with E-state index in [0.29, 0.717) is 0 Å². The van der Waals surface area contributed by atoms with Crippen molar-refractivity contribution in [3.63, 3.8) is 0 Å². The van der Waals surface area contributed by atoms with E-state index in [4.69, 9.17) is 0 Å². The van der Waals surface area contributed by atoms with Crippen LogP contribution < -0.4 is 5.32 Å². The van der Waals surface area contributed by atoms with Crippen LogP contribution in [-0.2, 0) is 4.79 Å². The second kappa shape index (κ2) is 6.17. The number of hydrogen-bond acceptors (Lipinski definition) is 2. The molecule has 0 aromatic heterocycles. The minimum absolute atomic E-state index is 0.0172. The lowest BCUT2D eigenvalue weighted by atomic mass is 9.88. The molecule has 1 heterocycles. The molecule has 3 rings (SSSR count). The molecule has 2 aliphatic rings. The minimum atomic E-state index is -0.219. The normalized spacial score (nSPS) is 23.1. The molecule has 2 nitrogen and oxygen atoms in total. The fourth-order valence-corrected chi connectivity index (χ4v) is 4.28. The molecule has 1 N–H and O–H groups in total. The number of carbonyl (C=O) groups excluding carboxylic acids is 1. The molecule has 1 aromatic carbocycles. The van der Waals surface area contributed by atoms with Crippen LogP contribution in [0.4, 0.5) is 4.39 Å². The van der Waals surface area contributed by atoms with Gasteiger partial charge >= 0.3 is 0 Å². The predicted molar refractivity (Wildman–Crippen MR) is 79.2 cm³/mol. The van der Waals surface area contributed by atoms with Gasteiger partial charge in [-0.25, -0.2) is 4.39 Å². The summed E-state index contributed by atoms with van der Waals surface area (Å²) in [6, 6.07) is 4.88. The minimum Gasteiger partial charge on any atom is -0.349 e. The lowest BCUT2D eigenvalue weighted by Gasteiger charge is -2.29. The van der Waals surface area contributed by atoms with Crippen LogP contribution in [0.1, 0.15) is 50.1 Å². The zero-order chi connectivity index (χ0) is 13.9. The Morgan fingerprint density at radius 2 is 2.00 bits per heavy atom. The lowest BCUT2D eigenvalue weighted by molar-refractivity contribution is -0.126. The number of thioether (sulfide) groups is 1. The number of rotatable bonds is 2. The molecular weight excluding hydrogens is 273 g/mol. The third-order valence-corrected chi connectivity index (χ3v) is 5.43. The zero-order valence-electron chi connectivity index (χ0n) is 11.5. The molecule has 1 aromatic rings. The maximum Gasteiger partial charge on any atom is 0.223 e. The SMILES string of the molecule is O=C(NC1CCSc2ccc(F)cc21)C1CCCCC1. The van der Waals surface area contributed by atoms with E-state index in [1.54, 1.807) is 17.8 Å². The molecule has 1 atom stereocenters. The second-order valence-electron chi connectivity index (χ2n) is 5.72. The summed E-state index contributed by atoms with van der Waals surface area (Å²) in [4.78, 5) is 13.5. The lowest BCUT2D eigenvalue weighted by Crippen LogP contribution is -2.36. The molecule has 0 saturated heterocycles. The van der Waals surface area contributed by atoms with Crippen LogP contribution >= 0.6 is 11.8 Å². The van der Waals surface area contributed by atoms with Crippen LogP contribution in [0.3, 0.4) is 0 Å². The first kappa shape index (κ1) is 13.9. The van der Waals surface area contributed by atoms with E-state index in [-0.39, 0.29) is 23.7 Å². The fourth-order valence-electron chi connectivity index (χ4n) is 3.17. The molecule has 1 aliphatic heterocycles. The highest BCUT2D eigenvalue weighted by Gasteiger charge is 2.27. The molecular formula is C16H20FNOS. The summed E-state index contributed by atoms with van der Waals surface area (Å²) in [6.45, 7) is 0. The van der Waals surface area contributed by atoms with Crippen molar-refractivity contribution in [2.24, 2.45) is 5.92 Å². The van der Waals surface area contributed by atoms with Gasteiger partial charge < -0.3 is 5.32 Å². The fraction of sp³-hybridized carbons (Fsp3) is 0.562. The average molecular weight is 293 g/mol. The van der Waals surface area contributed by atoms with Gasteiger partial charge in [-0.2, -0.15) is 0 Å². The van der Waals surface area contributed by atoms with E-state index in [1.165, 1.54) is 12.5 Å². The predicted octanol–water partition coefficient (Wildman–Crippen LogP) is 4.06. The van der Waals surface area contributed by atoms with Crippen molar-refractivity contribution in [2.75, 3.05) is 5.75 Å². The Bertz CT molecular complexity index is 499. The van der Waals surface area contributed by atoms with Crippen molar-refractivity contribution >= 4 is 17.7 Å². The number of carbonyl (C=O) groups is 1. The maximum absolute atomic E-state index is 13.4. The first-order chi connectivity index (χ1) is 9.74. The van der Waals surface area contributed by atoms with Gasteiger partial charge in [0.15, 0.2) is 0 Å². The quantitative estimate of drug-likeness (QED) is 0.891. The van der Waals surface area contributed by atoms with E-state index in [9.17, 15) is 9.18 Å². The number of hydrogen-bond donors (Lipinski definition) is 1. The highest BCUT2D eigenvalue weighted by Crippen LogP contribution is 2.37. The van der Waals surface area contributed by atoms with Gasteiger partial charge in [0.1, 0.15) is 5.82 Å². The largest absolute Gasteiger partial charge is 0.349 e. The number of benzene rings is 1. The summed E-state index contributed by atoms with van der Waals surface area (Å²) in [5.41, 5.74) is 0.949. The van der Waals surface area contributed by atoms with Crippen molar-refractivity contribution in [3.05, 3.63) is 29.6 Å². The van der Waals surface area contributed by atoms with Gasteiger partial charge in [0.2, 0.25) is 5.91 Å². The molecule has 1 aliphatic carbocycles. The Morgan fingerprint density at radius 1 is 1.20 bits per heavy atom. The van der Waals surface area contributed by atoms with Gasteiger partial charge in [0.25, 0.3) is 0 Å². The summed E-state index contributed by atoms with van der Waals surface area (Å²) in [7, 11) is 0. The van der Waals surface area contributed by atoms with Gasteiger partial charge in [0.05, 0.1) is 6.04 Å². The second-order valence-corrected chi connectivity index (χ2v) is 6.85. The van der Waals surface area contributed by atoms with Gasteiger partial charge in [-0.3, -0.25) is 4.79 Å². The molecule has 0 radical (unpaired) electrons. The van der Waals surface area contributed by atoms with E-state index in [2.05, 4.69) is 5.32 Å². The smallest absolute Gasteiger partial charge is 0.223 e. The van der Waals surface area contributed by atoms with E-state index in [0.717, 1.165) is 48.3 Å². The van der Waals surface area contributed by atoms with E-state index < -0.39 is 0 Å². The summed E-state index contributed by atoms with van der Waals surface area (Å²) in [6.07, 6.45) is 6.46. The zero-order valence-corrected chi connectivity index (χ0v) is 12.3. The summed E-state index contributed by atoms with van der Waals surface area (Å²) in [5, 5.41) is 3.15. The van der Waals surface area contributed by atoms with Gasteiger partial charge in [-0.1, -0.05) is 19.3 Å². The topological polar surface area (TPSA) is 29.1 Å². The van der Waals surface area contributed by atoms with Crippen molar-refractivity contribution in [1.82, 2.24) is 5.32 Å². The summed E-state index contributed by atoms with van der Waals surface area (Å²) >= 11 is 1.75. The molecule has 0 spiro atoms. The van der Waals surface area contributed by atoms with Crippen molar-refractivity contribution < 1.29 is 9.18 Å². The Morgan fingerprint density at radius 3 is 2.80 bits per heavy atom. The van der Waals surface area contributed by atoms with Crippen LogP contribution in [0.2, 0.25) is 0 Å². The van der Waals surface area contributed by atoms with Crippen LogP contribution in [0.25, 0.3) is 0 Å². The Hall–Kier alpha value is -1.03. The standard InChI is InChI=1S/C16H20FNOS/c17-12-6-7-15-13(10-12)14(8-9-20-15)18-16(19)11-4-2-1-3-5-11/h6-7,10-11,14H,1-5,8-9H2,(H,18,19). The highest BCUT2D eigenvalue weighted by molar-refractivity contribution is 7.99. The Labute approximate surface area is 123 Å². The molecule has 1 saturated carbocycles. The Kier molecular flexibility index (Phi) is 4.29. The third-order valence-electron chi connectivity index (χ3n) is 4.30. The number of amides is 1. The van der Waals surface area contributed by atoms with Crippen molar-refractivity contribution in [3.8, 4) is 0 Å². The summed E-state index contributed by atoms with van der Waals surface area (Å²) < 4.78 is 13.4. The monoisotopic (exact) mass is 293 g/mol. The highest BCUT2D eigenvalue weighted by atomic mass is 32.2. The molecule has 4 heteroatoms. The van der Waals surface area contributed by atoms with Crippen LogP contribution in [-0.4, -0.2) is 11.7 Å². The molecule has 1 fully saturated rings. The first-order valence-electron chi connectivity index (χ1n) is 7.46. The third kappa shape index (κ3) is 3.00. The van der Waals surface area contributed by atoms with Crippen molar-refractivity contribution in [1.29, 1.82) is 0 Å². The maximum atomic E-state index is 13.4. The molecule has 1 unspecified atom stereocenters. The van der Waals surface area contributed by atoms with Crippen molar-refractivity contribution in [2.45, 2.75) is 49.5 Å². The first-order valence-corrected chi connectivity index (χ1v) is 8.45. The van der Waals surface area contributed by atoms with E-state index >= 15 is 0 Å². The Balaban J connectivity index is 1.72. The number of nitrogens with one attached hydrogen (secondary N) is 1. The molecule has 20 heavy (non-hydrogen) atoms. The van der Waals surface area contributed by atoms with Gasteiger partial charge in [-0.15, -0.1) is 11.8 Å². The molecule has 1 amide bonds. The van der Waals surface area contributed by atoms with Gasteiger partial charge in [-0.05, 0) is 43.0 Å². The number of fused-ring (bicyclic) bond motifs is 1. The van der Waals surface area contributed by atoms with Crippen LogP contribution in [0, 0.1) is 11.7 Å². The summed E-state index contributed by atoms with van der Waals surface area (Å²) in [5.74, 6) is 1.09. The number of halogens is 1. The van der Waals surface area contributed by atoms with Crippen LogP contribution in [0.15, 0.2) is 23.1 Å². The average Bonchev–Trinajstić information content (AvgIpc) is 2.49. The molecule has 0 bridgehead atoms.